The lowest BCUT2D eigenvalue weighted by Gasteiger charge is -2.13. The SMILES string of the molecule is CC(C)c1nc(-c2ccccc2)c2c(ccc3ccccc32)n1. The average Bonchev–Trinajstić information content (AvgIpc) is 2.61. The first kappa shape index (κ1) is 13.9. The Labute approximate surface area is 135 Å². The van der Waals surface area contributed by atoms with E-state index in [1.54, 1.807) is 0 Å². The van der Waals surface area contributed by atoms with Crippen LogP contribution in [0.5, 0.6) is 0 Å². The Hall–Kier alpha value is -2.74. The van der Waals surface area contributed by atoms with E-state index in [2.05, 4.69) is 74.5 Å². The molecule has 0 aliphatic rings. The lowest BCUT2D eigenvalue weighted by atomic mass is 9.99. The third-order valence-electron chi connectivity index (χ3n) is 4.17. The zero-order chi connectivity index (χ0) is 15.8. The van der Waals surface area contributed by atoms with E-state index in [1.165, 1.54) is 10.8 Å². The first-order chi connectivity index (χ1) is 11.2. The molecule has 0 aliphatic carbocycles. The van der Waals surface area contributed by atoms with Crippen LogP contribution >= 0.6 is 0 Å². The summed E-state index contributed by atoms with van der Waals surface area (Å²) in [5, 5.41) is 3.57. The van der Waals surface area contributed by atoms with Crippen LogP contribution in [0.2, 0.25) is 0 Å². The molecule has 0 fully saturated rings. The van der Waals surface area contributed by atoms with Crippen LogP contribution in [0.15, 0.2) is 66.7 Å². The molecular formula is C21H18N2. The predicted molar refractivity (Wildman–Crippen MR) is 96.6 cm³/mol. The highest BCUT2D eigenvalue weighted by Gasteiger charge is 2.14. The molecule has 4 rings (SSSR count). The van der Waals surface area contributed by atoms with Gasteiger partial charge in [0.25, 0.3) is 0 Å². The molecule has 0 spiro atoms. The Morgan fingerprint density at radius 1 is 0.739 bits per heavy atom. The molecule has 0 unspecified atom stereocenters. The Kier molecular flexibility index (Phi) is 3.30. The van der Waals surface area contributed by atoms with Crippen molar-refractivity contribution in [3.05, 3.63) is 72.6 Å². The summed E-state index contributed by atoms with van der Waals surface area (Å²) in [6, 6.07) is 23.1. The van der Waals surface area contributed by atoms with Gasteiger partial charge in [-0.1, -0.05) is 74.5 Å². The number of fused-ring (bicyclic) bond motifs is 3. The summed E-state index contributed by atoms with van der Waals surface area (Å²) >= 11 is 0. The third-order valence-corrected chi connectivity index (χ3v) is 4.17. The quantitative estimate of drug-likeness (QED) is 0.452. The maximum Gasteiger partial charge on any atom is 0.132 e. The molecule has 0 amide bonds. The maximum absolute atomic E-state index is 4.91. The summed E-state index contributed by atoms with van der Waals surface area (Å²) in [4.78, 5) is 9.71. The van der Waals surface area contributed by atoms with Crippen molar-refractivity contribution in [1.29, 1.82) is 0 Å². The molecule has 3 aromatic carbocycles. The van der Waals surface area contributed by atoms with Gasteiger partial charge in [-0.15, -0.1) is 0 Å². The van der Waals surface area contributed by atoms with Gasteiger partial charge in [-0.05, 0) is 16.8 Å². The smallest absolute Gasteiger partial charge is 0.132 e. The Balaban J connectivity index is 2.17. The topological polar surface area (TPSA) is 25.8 Å². The monoisotopic (exact) mass is 298 g/mol. The number of rotatable bonds is 2. The number of hydrogen-bond donors (Lipinski definition) is 0. The Morgan fingerprint density at radius 3 is 2.26 bits per heavy atom. The Morgan fingerprint density at radius 2 is 1.48 bits per heavy atom. The van der Waals surface area contributed by atoms with Crippen molar-refractivity contribution in [1.82, 2.24) is 9.97 Å². The highest BCUT2D eigenvalue weighted by Crippen LogP contribution is 2.33. The fraction of sp³-hybridized carbons (Fsp3) is 0.143. The van der Waals surface area contributed by atoms with Crippen molar-refractivity contribution >= 4 is 21.7 Å². The number of hydrogen-bond acceptors (Lipinski definition) is 2. The highest BCUT2D eigenvalue weighted by molar-refractivity contribution is 6.12. The molecule has 23 heavy (non-hydrogen) atoms. The van der Waals surface area contributed by atoms with E-state index in [4.69, 9.17) is 9.97 Å². The first-order valence-corrected chi connectivity index (χ1v) is 7.99. The van der Waals surface area contributed by atoms with Crippen LogP contribution in [-0.2, 0) is 0 Å². The van der Waals surface area contributed by atoms with Crippen molar-refractivity contribution in [2.45, 2.75) is 19.8 Å². The second kappa shape index (κ2) is 5.47. The van der Waals surface area contributed by atoms with Gasteiger partial charge in [-0.3, -0.25) is 0 Å². The van der Waals surface area contributed by atoms with Gasteiger partial charge in [-0.2, -0.15) is 0 Å². The molecule has 0 saturated heterocycles. The van der Waals surface area contributed by atoms with Crippen molar-refractivity contribution in [3.63, 3.8) is 0 Å². The van der Waals surface area contributed by atoms with Crippen LogP contribution < -0.4 is 0 Å². The lowest BCUT2D eigenvalue weighted by Crippen LogP contribution is -2.01. The fourth-order valence-electron chi connectivity index (χ4n) is 2.98. The fourth-order valence-corrected chi connectivity index (χ4v) is 2.98. The minimum atomic E-state index is 0.299. The number of benzene rings is 3. The van der Waals surface area contributed by atoms with Gasteiger partial charge in [0.1, 0.15) is 5.82 Å². The maximum atomic E-state index is 4.91. The average molecular weight is 298 g/mol. The molecule has 0 N–H and O–H groups in total. The standard InChI is InChI=1S/C21H18N2/c1-14(2)21-22-18-13-12-15-8-6-7-11-17(15)19(18)20(23-21)16-9-4-3-5-10-16/h3-14H,1-2H3. The van der Waals surface area contributed by atoms with Crippen LogP contribution in [0.3, 0.4) is 0 Å². The highest BCUT2D eigenvalue weighted by atomic mass is 14.9. The van der Waals surface area contributed by atoms with Crippen molar-refractivity contribution in [3.8, 4) is 11.3 Å². The van der Waals surface area contributed by atoms with E-state index in [1.807, 2.05) is 6.07 Å². The largest absolute Gasteiger partial charge is 0.233 e. The molecule has 0 atom stereocenters. The van der Waals surface area contributed by atoms with Crippen LogP contribution in [0.4, 0.5) is 0 Å². The van der Waals surface area contributed by atoms with E-state index in [0.29, 0.717) is 5.92 Å². The van der Waals surface area contributed by atoms with Gasteiger partial charge in [0, 0.05) is 16.9 Å². The van der Waals surface area contributed by atoms with Crippen molar-refractivity contribution in [2.24, 2.45) is 0 Å². The molecule has 2 nitrogen and oxygen atoms in total. The van der Waals surface area contributed by atoms with E-state index in [-0.39, 0.29) is 0 Å². The number of nitrogens with zero attached hydrogens (tertiary/aromatic N) is 2. The normalized spacial score (nSPS) is 11.4. The summed E-state index contributed by atoms with van der Waals surface area (Å²) in [6.45, 7) is 4.27. The molecule has 2 heteroatoms. The van der Waals surface area contributed by atoms with Crippen LogP contribution in [0.25, 0.3) is 32.9 Å². The van der Waals surface area contributed by atoms with Gasteiger partial charge >= 0.3 is 0 Å². The van der Waals surface area contributed by atoms with Gasteiger partial charge in [0.15, 0.2) is 0 Å². The minimum Gasteiger partial charge on any atom is -0.233 e. The summed E-state index contributed by atoms with van der Waals surface area (Å²) < 4.78 is 0. The molecule has 0 saturated carbocycles. The minimum absolute atomic E-state index is 0.299. The van der Waals surface area contributed by atoms with Gasteiger partial charge in [-0.25, -0.2) is 9.97 Å². The first-order valence-electron chi connectivity index (χ1n) is 7.99. The second-order valence-corrected chi connectivity index (χ2v) is 6.13. The van der Waals surface area contributed by atoms with E-state index < -0.39 is 0 Å². The summed E-state index contributed by atoms with van der Waals surface area (Å²) in [7, 11) is 0. The summed E-state index contributed by atoms with van der Waals surface area (Å²) in [5.41, 5.74) is 3.18. The summed E-state index contributed by atoms with van der Waals surface area (Å²) in [6.07, 6.45) is 0. The van der Waals surface area contributed by atoms with Crippen LogP contribution in [0.1, 0.15) is 25.6 Å². The molecule has 1 heterocycles. The van der Waals surface area contributed by atoms with E-state index in [0.717, 1.165) is 28.0 Å². The predicted octanol–water partition coefficient (Wildman–Crippen LogP) is 5.57. The molecule has 0 aliphatic heterocycles. The van der Waals surface area contributed by atoms with Crippen molar-refractivity contribution in [2.75, 3.05) is 0 Å². The zero-order valence-corrected chi connectivity index (χ0v) is 13.3. The molecule has 1 aromatic heterocycles. The molecule has 0 radical (unpaired) electrons. The van der Waals surface area contributed by atoms with Crippen molar-refractivity contribution < 1.29 is 0 Å². The van der Waals surface area contributed by atoms with Gasteiger partial charge < -0.3 is 0 Å². The molecular weight excluding hydrogens is 280 g/mol. The summed E-state index contributed by atoms with van der Waals surface area (Å²) in [5.74, 6) is 1.19. The Bertz CT molecular complexity index is 988. The zero-order valence-electron chi connectivity index (χ0n) is 13.3. The third kappa shape index (κ3) is 2.36. The van der Waals surface area contributed by atoms with Gasteiger partial charge in [0.2, 0.25) is 0 Å². The lowest BCUT2D eigenvalue weighted by molar-refractivity contribution is 0.785. The molecule has 4 aromatic rings. The second-order valence-electron chi connectivity index (χ2n) is 6.13. The molecule has 112 valence electrons. The van der Waals surface area contributed by atoms with Crippen LogP contribution in [-0.4, -0.2) is 9.97 Å². The number of aromatic nitrogens is 2. The van der Waals surface area contributed by atoms with E-state index in [9.17, 15) is 0 Å². The van der Waals surface area contributed by atoms with Gasteiger partial charge in [0.05, 0.1) is 11.2 Å². The molecule has 0 bridgehead atoms. The van der Waals surface area contributed by atoms with Crippen LogP contribution in [0, 0.1) is 0 Å². The van der Waals surface area contributed by atoms with E-state index >= 15 is 0 Å².